The van der Waals surface area contributed by atoms with Gasteiger partial charge in [0.05, 0.1) is 31.5 Å². The second kappa shape index (κ2) is 9.44. The highest BCUT2D eigenvalue weighted by atomic mass is 19.1. The van der Waals surface area contributed by atoms with Crippen molar-refractivity contribution in [3.63, 3.8) is 0 Å². The lowest BCUT2D eigenvalue weighted by atomic mass is 10.1. The molecule has 9 heteroatoms. The lowest BCUT2D eigenvalue weighted by molar-refractivity contribution is 0.195. The van der Waals surface area contributed by atoms with Crippen molar-refractivity contribution in [2.75, 3.05) is 56.7 Å². The molecule has 174 valence electrons. The number of halogens is 1. The Morgan fingerprint density at radius 3 is 2.73 bits per heavy atom. The van der Waals surface area contributed by atoms with Crippen LogP contribution in [0.3, 0.4) is 0 Å². The molecule has 0 aliphatic carbocycles. The van der Waals surface area contributed by atoms with Crippen LogP contribution in [0, 0.1) is 12.7 Å². The van der Waals surface area contributed by atoms with Gasteiger partial charge in [-0.05, 0) is 25.5 Å². The summed E-state index contributed by atoms with van der Waals surface area (Å²) in [7, 11) is 1.55. The summed E-state index contributed by atoms with van der Waals surface area (Å²) in [5.41, 5.74) is 3.21. The third kappa shape index (κ3) is 4.84. The van der Waals surface area contributed by atoms with E-state index in [1.54, 1.807) is 25.4 Å². The molecule has 2 fully saturated rings. The van der Waals surface area contributed by atoms with Gasteiger partial charge in [0.2, 0.25) is 0 Å². The molecule has 2 aromatic heterocycles. The number of pyridine rings is 1. The normalized spacial score (nSPS) is 19.2. The van der Waals surface area contributed by atoms with Crippen LogP contribution in [0.5, 0.6) is 5.75 Å². The Labute approximate surface area is 192 Å². The first-order chi connectivity index (χ1) is 16.1. The summed E-state index contributed by atoms with van der Waals surface area (Å²) in [4.78, 5) is 18.7. The van der Waals surface area contributed by atoms with Crippen LogP contribution in [0.4, 0.5) is 16.0 Å². The van der Waals surface area contributed by atoms with Gasteiger partial charge < -0.3 is 19.7 Å². The van der Waals surface area contributed by atoms with E-state index in [4.69, 9.17) is 19.4 Å². The highest BCUT2D eigenvalue weighted by Gasteiger charge is 2.25. The fourth-order valence-electron chi connectivity index (χ4n) is 4.35. The lowest BCUT2D eigenvalue weighted by Gasteiger charge is -2.36. The molecule has 1 aromatic carbocycles. The molecule has 1 unspecified atom stereocenters. The number of anilines is 2. The van der Waals surface area contributed by atoms with Gasteiger partial charge >= 0.3 is 0 Å². The number of nitrogens with zero attached hydrogens (tertiary/aromatic N) is 5. The second-order valence-electron chi connectivity index (χ2n) is 8.64. The smallest absolute Gasteiger partial charge is 0.172 e. The van der Waals surface area contributed by atoms with Gasteiger partial charge in [0.1, 0.15) is 17.1 Å². The zero-order valence-electron chi connectivity index (χ0n) is 19.1. The zero-order valence-corrected chi connectivity index (χ0v) is 19.1. The van der Waals surface area contributed by atoms with Crippen molar-refractivity contribution in [1.29, 1.82) is 0 Å². The van der Waals surface area contributed by atoms with E-state index in [0.717, 1.165) is 67.6 Å². The highest BCUT2D eigenvalue weighted by Crippen LogP contribution is 2.28. The number of rotatable bonds is 6. The average molecular weight is 453 g/mol. The van der Waals surface area contributed by atoms with Crippen molar-refractivity contribution >= 4 is 22.7 Å². The Balaban J connectivity index is 1.33. The summed E-state index contributed by atoms with van der Waals surface area (Å²) < 4.78 is 25.0. The van der Waals surface area contributed by atoms with E-state index in [2.05, 4.69) is 20.1 Å². The number of methoxy groups -OCH3 is 1. The number of nitrogens with one attached hydrogen (secondary N) is 1. The van der Waals surface area contributed by atoms with Gasteiger partial charge in [-0.25, -0.2) is 14.4 Å². The van der Waals surface area contributed by atoms with Gasteiger partial charge in [0.15, 0.2) is 11.6 Å². The van der Waals surface area contributed by atoms with E-state index in [1.807, 2.05) is 13.0 Å². The number of benzene rings is 1. The minimum absolute atomic E-state index is 0.231. The number of hydrogen-bond acceptors (Lipinski definition) is 8. The maximum atomic E-state index is 14.4. The van der Waals surface area contributed by atoms with E-state index in [9.17, 15) is 4.39 Å². The second-order valence-corrected chi connectivity index (χ2v) is 8.64. The lowest BCUT2D eigenvalue weighted by Crippen LogP contribution is -2.46. The summed E-state index contributed by atoms with van der Waals surface area (Å²) in [5, 5.41) is 3.55. The molecule has 2 aliphatic rings. The molecule has 1 N–H and O–H groups in total. The summed E-state index contributed by atoms with van der Waals surface area (Å²) in [6.07, 6.45) is 2.74. The first kappa shape index (κ1) is 21.8. The molecular weight excluding hydrogens is 423 g/mol. The van der Waals surface area contributed by atoms with E-state index in [-0.39, 0.29) is 11.9 Å². The summed E-state index contributed by atoms with van der Waals surface area (Å²) in [6, 6.07) is 7.24. The number of hydrogen-bond donors (Lipinski definition) is 1. The van der Waals surface area contributed by atoms with Crippen molar-refractivity contribution in [3.8, 4) is 5.75 Å². The molecule has 0 bridgehead atoms. The molecule has 4 heterocycles. The maximum Gasteiger partial charge on any atom is 0.172 e. The summed E-state index contributed by atoms with van der Waals surface area (Å²) in [6.45, 7) is 7.15. The Morgan fingerprint density at radius 1 is 1.15 bits per heavy atom. The van der Waals surface area contributed by atoms with Gasteiger partial charge in [-0.15, -0.1) is 0 Å². The third-order valence-corrected chi connectivity index (χ3v) is 6.27. The van der Waals surface area contributed by atoms with Crippen LogP contribution in [0.15, 0.2) is 30.5 Å². The SMILES string of the molecule is COc1ccc(CN2CCN(c3nc4cnc(C)cc4nc3NC3CCOC3)CC2)c(F)c1. The quantitative estimate of drug-likeness (QED) is 0.612. The first-order valence-corrected chi connectivity index (χ1v) is 11.4. The summed E-state index contributed by atoms with van der Waals surface area (Å²) >= 11 is 0. The molecule has 0 saturated carbocycles. The van der Waals surface area contributed by atoms with Crippen LogP contribution in [0.2, 0.25) is 0 Å². The monoisotopic (exact) mass is 452 g/mol. The summed E-state index contributed by atoms with van der Waals surface area (Å²) in [5.74, 6) is 1.94. The Kier molecular flexibility index (Phi) is 6.24. The van der Waals surface area contributed by atoms with Crippen molar-refractivity contribution in [1.82, 2.24) is 19.9 Å². The number of fused-ring (bicyclic) bond motifs is 1. The molecular formula is C24H29FN6O2. The predicted molar refractivity (Wildman–Crippen MR) is 125 cm³/mol. The van der Waals surface area contributed by atoms with E-state index < -0.39 is 0 Å². The molecule has 0 spiro atoms. The Bertz CT molecular complexity index is 1130. The molecule has 1 atom stereocenters. The fourth-order valence-corrected chi connectivity index (χ4v) is 4.35. The Morgan fingerprint density at radius 2 is 2.00 bits per heavy atom. The third-order valence-electron chi connectivity index (χ3n) is 6.27. The number of aryl methyl sites for hydroxylation is 1. The van der Waals surface area contributed by atoms with Crippen LogP contribution in [-0.4, -0.2) is 72.4 Å². The molecule has 8 nitrogen and oxygen atoms in total. The maximum absolute atomic E-state index is 14.4. The van der Waals surface area contributed by atoms with E-state index in [0.29, 0.717) is 24.5 Å². The van der Waals surface area contributed by atoms with Crippen LogP contribution in [0.25, 0.3) is 11.0 Å². The highest BCUT2D eigenvalue weighted by molar-refractivity contribution is 5.80. The van der Waals surface area contributed by atoms with Crippen LogP contribution >= 0.6 is 0 Å². The first-order valence-electron chi connectivity index (χ1n) is 11.4. The van der Waals surface area contributed by atoms with E-state index >= 15 is 0 Å². The van der Waals surface area contributed by atoms with Gasteiger partial charge in [-0.1, -0.05) is 6.07 Å². The predicted octanol–water partition coefficient (Wildman–Crippen LogP) is 3.00. The molecule has 3 aromatic rings. The molecule has 2 saturated heterocycles. The van der Waals surface area contributed by atoms with E-state index in [1.165, 1.54) is 6.07 Å². The fraction of sp³-hybridized carbons (Fsp3) is 0.458. The zero-order chi connectivity index (χ0) is 22.8. The van der Waals surface area contributed by atoms with Gasteiger partial charge in [0, 0.05) is 56.7 Å². The molecule has 0 radical (unpaired) electrons. The molecule has 0 amide bonds. The van der Waals surface area contributed by atoms with Crippen molar-refractivity contribution in [3.05, 3.63) is 47.5 Å². The van der Waals surface area contributed by atoms with Crippen molar-refractivity contribution in [2.24, 2.45) is 0 Å². The van der Waals surface area contributed by atoms with Crippen molar-refractivity contribution in [2.45, 2.75) is 25.9 Å². The average Bonchev–Trinajstić information content (AvgIpc) is 3.33. The van der Waals surface area contributed by atoms with Crippen LogP contribution in [0.1, 0.15) is 17.7 Å². The number of piperazine rings is 1. The van der Waals surface area contributed by atoms with Gasteiger partial charge in [0.25, 0.3) is 0 Å². The minimum Gasteiger partial charge on any atom is -0.497 e. The minimum atomic E-state index is -0.231. The Hall–Kier alpha value is -3.04. The molecule has 5 rings (SSSR count). The van der Waals surface area contributed by atoms with Crippen LogP contribution < -0.4 is 15.0 Å². The number of aromatic nitrogens is 3. The van der Waals surface area contributed by atoms with Gasteiger partial charge in [-0.2, -0.15) is 0 Å². The standard InChI is InChI=1S/C24H29FN6O2/c1-16-11-21-22(13-26-16)29-24(23(28-21)27-18-5-10-33-15-18)31-8-6-30(7-9-31)14-17-3-4-19(32-2)12-20(17)25/h3-4,11-13,18H,5-10,14-15H2,1-2H3,(H,27,28). The van der Waals surface area contributed by atoms with Crippen LogP contribution in [-0.2, 0) is 11.3 Å². The largest absolute Gasteiger partial charge is 0.497 e. The molecule has 2 aliphatic heterocycles. The van der Waals surface area contributed by atoms with Gasteiger partial charge in [-0.3, -0.25) is 9.88 Å². The van der Waals surface area contributed by atoms with Crippen molar-refractivity contribution < 1.29 is 13.9 Å². The topological polar surface area (TPSA) is 75.6 Å². The molecule has 33 heavy (non-hydrogen) atoms. The number of ether oxygens (including phenoxy) is 2.